The van der Waals surface area contributed by atoms with Gasteiger partial charge in [0.1, 0.15) is 0 Å². The molecule has 0 saturated carbocycles. The molecule has 1 heterocycles. The minimum absolute atomic E-state index is 0.197. The molecule has 92 valence electrons. The summed E-state index contributed by atoms with van der Waals surface area (Å²) < 4.78 is 4.98. The lowest BCUT2D eigenvalue weighted by Crippen LogP contribution is -2.08. The summed E-state index contributed by atoms with van der Waals surface area (Å²) in [6, 6.07) is 5.31. The molecular weight excluding hydrogens is 218 g/mol. The van der Waals surface area contributed by atoms with Crippen LogP contribution in [0.1, 0.15) is 38.4 Å². The van der Waals surface area contributed by atoms with Gasteiger partial charge in [-0.1, -0.05) is 26.3 Å². The second kappa shape index (κ2) is 4.75. The zero-order valence-corrected chi connectivity index (χ0v) is 10.1. The predicted octanol–water partition coefficient (Wildman–Crippen LogP) is 2.59. The van der Waals surface area contributed by atoms with Gasteiger partial charge in [-0.05, 0) is 30.0 Å². The van der Waals surface area contributed by atoms with E-state index in [2.05, 4.69) is 11.9 Å². The molecule has 0 aliphatic carbocycles. The number of aliphatic hydroxyl groups excluding tert-OH is 1. The summed E-state index contributed by atoms with van der Waals surface area (Å²) in [4.78, 5) is 13.6. The minimum atomic E-state index is -0.514. The summed E-state index contributed by atoms with van der Waals surface area (Å²) in [6.07, 6.45) is 1.50. The van der Waals surface area contributed by atoms with Gasteiger partial charge < -0.3 is 9.52 Å². The van der Waals surface area contributed by atoms with E-state index < -0.39 is 11.9 Å². The number of benzene rings is 1. The van der Waals surface area contributed by atoms with E-state index in [-0.39, 0.29) is 5.92 Å². The van der Waals surface area contributed by atoms with E-state index in [0.717, 1.165) is 18.4 Å². The molecule has 4 heteroatoms. The number of aliphatic hydroxyl groups is 1. The summed E-state index contributed by atoms with van der Waals surface area (Å²) in [5.74, 6) is -0.267. The number of hydrogen-bond acceptors (Lipinski definition) is 3. The molecule has 0 saturated heterocycles. The van der Waals surface area contributed by atoms with Crippen molar-refractivity contribution in [3.8, 4) is 0 Å². The van der Waals surface area contributed by atoms with Crippen molar-refractivity contribution in [3.63, 3.8) is 0 Å². The van der Waals surface area contributed by atoms with E-state index in [1.54, 1.807) is 12.1 Å². The number of fused-ring (bicyclic) bond motifs is 1. The first-order valence-corrected chi connectivity index (χ1v) is 5.92. The van der Waals surface area contributed by atoms with E-state index in [4.69, 9.17) is 4.42 Å². The van der Waals surface area contributed by atoms with E-state index in [1.165, 1.54) is 0 Å². The molecule has 0 bridgehead atoms. The van der Waals surface area contributed by atoms with Gasteiger partial charge in [-0.15, -0.1) is 0 Å². The second-order valence-corrected chi connectivity index (χ2v) is 4.48. The first-order valence-electron chi connectivity index (χ1n) is 5.92. The minimum Gasteiger partial charge on any atom is -0.408 e. The lowest BCUT2D eigenvalue weighted by molar-refractivity contribution is 0.112. The summed E-state index contributed by atoms with van der Waals surface area (Å²) in [5, 5.41) is 10.2. The Kier molecular flexibility index (Phi) is 3.33. The third kappa shape index (κ3) is 2.42. The topological polar surface area (TPSA) is 66.2 Å². The van der Waals surface area contributed by atoms with Crippen LogP contribution in [0.15, 0.2) is 27.4 Å². The predicted molar refractivity (Wildman–Crippen MR) is 65.9 cm³/mol. The van der Waals surface area contributed by atoms with Gasteiger partial charge in [0.05, 0.1) is 11.6 Å². The van der Waals surface area contributed by atoms with Crippen LogP contribution in [0.2, 0.25) is 0 Å². The van der Waals surface area contributed by atoms with Crippen LogP contribution in [0.3, 0.4) is 0 Å². The van der Waals surface area contributed by atoms with Gasteiger partial charge in [-0.25, -0.2) is 4.79 Å². The van der Waals surface area contributed by atoms with Gasteiger partial charge >= 0.3 is 5.76 Å². The van der Waals surface area contributed by atoms with Gasteiger partial charge in [-0.2, -0.15) is 0 Å². The maximum absolute atomic E-state index is 11.0. The standard InChI is InChI=1S/C13H17NO3/c1-3-4-8(2)12(15)9-5-6-10-11(7-9)17-13(16)14-10/h5-8,12,15H,3-4H2,1-2H3,(H,14,16). The number of aromatic nitrogens is 1. The van der Waals surface area contributed by atoms with Crippen molar-refractivity contribution in [2.24, 2.45) is 5.92 Å². The third-order valence-corrected chi connectivity index (χ3v) is 3.07. The van der Waals surface area contributed by atoms with Gasteiger partial charge in [0.15, 0.2) is 5.58 Å². The summed E-state index contributed by atoms with van der Waals surface area (Å²) in [5.41, 5.74) is 1.95. The quantitative estimate of drug-likeness (QED) is 0.856. The maximum Gasteiger partial charge on any atom is 0.417 e. The molecule has 2 atom stereocenters. The normalized spacial score (nSPS) is 15.0. The fraction of sp³-hybridized carbons (Fsp3) is 0.462. The fourth-order valence-corrected chi connectivity index (χ4v) is 2.09. The van der Waals surface area contributed by atoms with Crippen molar-refractivity contribution < 1.29 is 9.52 Å². The monoisotopic (exact) mass is 235 g/mol. The van der Waals surface area contributed by atoms with Crippen LogP contribution in [-0.2, 0) is 0 Å². The first kappa shape index (κ1) is 11.9. The average molecular weight is 235 g/mol. The summed E-state index contributed by atoms with van der Waals surface area (Å²) >= 11 is 0. The number of nitrogens with one attached hydrogen (secondary N) is 1. The second-order valence-electron chi connectivity index (χ2n) is 4.48. The maximum atomic E-state index is 11.0. The molecule has 1 aromatic heterocycles. The van der Waals surface area contributed by atoms with Gasteiger partial charge in [0, 0.05) is 0 Å². The van der Waals surface area contributed by atoms with E-state index in [1.807, 2.05) is 13.0 Å². The van der Waals surface area contributed by atoms with Crippen molar-refractivity contribution in [2.75, 3.05) is 0 Å². The highest BCUT2D eigenvalue weighted by molar-refractivity contribution is 5.72. The third-order valence-electron chi connectivity index (χ3n) is 3.07. The summed E-state index contributed by atoms with van der Waals surface area (Å²) in [6.45, 7) is 4.11. The number of H-pyrrole nitrogens is 1. The molecule has 0 aliphatic rings. The average Bonchev–Trinajstić information content (AvgIpc) is 2.67. The Hall–Kier alpha value is -1.55. The molecule has 2 N–H and O–H groups in total. The highest BCUT2D eigenvalue weighted by Gasteiger charge is 2.16. The first-order chi connectivity index (χ1) is 8.11. The summed E-state index contributed by atoms with van der Waals surface area (Å²) in [7, 11) is 0. The fourth-order valence-electron chi connectivity index (χ4n) is 2.09. The van der Waals surface area contributed by atoms with E-state index in [0.29, 0.717) is 11.1 Å². The molecular formula is C13H17NO3. The molecule has 0 aliphatic heterocycles. The van der Waals surface area contributed by atoms with Gasteiger partial charge in [-0.3, -0.25) is 4.98 Å². The lowest BCUT2D eigenvalue weighted by Gasteiger charge is -2.18. The van der Waals surface area contributed by atoms with E-state index >= 15 is 0 Å². The van der Waals surface area contributed by atoms with Crippen LogP contribution in [0.4, 0.5) is 0 Å². The molecule has 0 amide bonds. The Morgan fingerprint density at radius 1 is 1.47 bits per heavy atom. The molecule has 0 spiro atoms. The highest BCUT2D eigenvalue weighted by Crippen LogP contribution is 2.27. The van der Waals surface area contributed by atoms with Crippen LogP contribution in [-0.4, -0.2) is 10.1 Å². The molecule has 2 rings (SSSR count). The molecule has 4 nitrogen and oxygen atoms in total. The van der Waals surface area contributed by atoms with Crippen molar-refractivity contribution in [3.05, 3.63) is 34.3 Å². The number of aromatic amines is 1. The number of rotatable bonds is 4. The molecule has 17 heavy (non-hydrogen) atoms. The molecule has 1 aromatic carbocycles. The molecule has 2 aromatic rings. The van der Waals surface area contributed by atoms with Gasteiger partial charge in [0.25, 0.3) is 0 Å². The van der Waals surface area contributed by atoms with E-state index in [9.17, 15) is 9.90 Å². The van der Waals surface area contributed by atoms with Crippen LogP contribution in [0, 0.1) is 5.92 Å². The molecule has 0 radical (unpaired) electrons. The number of oxazole rings is 1. The largest absolute Gasteiger partial charge is 0.417 e. The Balaban J connectivity index is 2.32. The zero-order chi connectivity index (χ0) is 12.4. The van der Waals surface area contributed by atoms with Crippen molar-refractivity contribution in [1.29, 1.82) is 0 Å². The van der Waals surface area contributed by atoms with Crippen LogP contribution in [0.5, 0.6) is 0 Å². The van der Waals surface area contributed by atoms with Crippen molar-refractivity contribution in [1.82, 2.24) is 4.98 Å². The lowest BCUT2D eigenvalue weighted by atomic mass is 9.93. The molecule has 0 fully saturated rings. The number of hydrogen-bond donors (Lipinski definition) is 2. The Bertz CT molecular complexity index is 555. The molecule has 2 unspecified atom stereocenters. The zero-order valence-electron chi connectivity index (χ0n) is 10.1. The SMILES string of the molecule is CCCC(C)C(O)c1ccc2[nH]c(=O)oc2c1. The van der Waals surface area contributed by atoms with Crippen molar-refractivity contribution >= 4 is 11.1 Å². The van der Waals surface area contributed by atoms with Crippen molar-refractivity contribution in [2.45, 2.75) is 32.8 Å². The Morgan fingerprint density at radius 3 is 2.94 bits per heavy atom. The Labute approximate surface area is 99.3 Å². The van der Waals surface area contributed by atoms with Crippen LogP contribution < -0.4 is 5.76 Å². The van der Waals surface area contributed by atoms with Crippen LogP contribution in [0.25, 0.3) is 11.1 Å². The van der Waals surface area contributed by atoms with Gasteiger partial charge in [0.2, 0.25) is 0 Å². The Morgan fingerprint density at radius 2 is 2.24 bits per heavy atom. The smallest absolute Gasteiger partial charge is 0.408 e. The highest BCUT2D eigenvalue weighted by atomic mass is 16.4. The van der Waals surface area contributed by atoms with Crippen LogP contribution >= 0.6 is 0 Å².